The molecule has 0 aliphatic carbocycles. The van der Waals surface area contributed by atoms with E-state index in [4.69, 9.17) is 16.6 Å². The molecule has 1 aliphatic rings. The standard InChI is InChI=1S/C34H35ClN6O/c1-4-40-17-14-24(15-18-40)23-8-11-27(12-9-23)38-34-37-21-26-19-30(33(42)41(5-2)32(26)39-34)29-13-10-25(20-31(29)35)28-7-6-16-36-22(28)3/h6-13,16,19-21,24H,4-5,14-15,17-18H2,1-3H3,(H,37,38,39). The summed E-state index contributed by atoms with van der Waals surface area (Å²) in [6.07, 6.45) is 5.93. The van der Waals surface area contributed by atoms with Crippen LogP contribution in [-0.4, -0.2) is 44.1 Å². The summed E-state index contributed by atoms with van der Waals surface area (Å²) in [6, 6.07) is 20.1. The number of hydrogen-bond donors (Lipinski definition) is 1. The molecule has 7 nitrogen and oxygen atoms in total. The third kappa shape index (κ3) is 5.54. The Kier molecular flexibility index (Phi) is 8.05. The van der Waals surface area contributed by atoms with Crippen molar-refractivity contribution in [1.29, 1.82) is 0 Å². The number of nitrogens with one attached hydrogen (secondary N) is 1. The molecule has 0 amide bonds. The number of hydrogen-bond acceptors (Lipinski definition) is 6. The Morgan fingerprint density at radius 1 is 0.929 bits per heavy atom. The Balaban J connectivity index is 1.27. The first-order valence-corrected chi connectivity index (χ1v) is 15.0. The summed E-state index contributed by atoms with van der Waals surface area (Å²) >= 11 is 6.76. The van der Waals surface area contributed by atoms with E-state index in [2.05, 4.69) is 51.4 Å². The number of aryl methyl sites for hydroxylation is 2. The molecule has 42 heavy (non-hydrogen) atoms. The molecule has 0 spiro atoms. The molecule has 1 fully saturated rings. The van der Waals surface area contributed by atoms with E-state index >= 15 is 0 Å². The lowest BCUT2D eigenvalue weighted by molar-refractivity contribution is 0.222. The molecule has 0 saturated carbocycles. The second-order valence-electron chi connectivity index (χ2n) is 10.9. The fourth-order valence-electron chi connectivity index (χ4n) is 5.95. The second kappa shape index (κ2) is 12.0. The van der Waals surface area contributed by atoms with Crippen molar-refractivity contribution in [2.75, 3.05) is 25.0 Å². The first-order chi connectivity index (χ1) is 20.4. The quantitative estimate of drug-likeness (QED) is 0.216. The highest BCUT2D eigenvalue weighted by Gasteiger charge is 2.20. The van der Waals surface area contributed by atoms with E-state index in [1.807, 2.05) is 50.2 Å². The molecule has 4 heterocycles. The molecule has 3 aromatic heterocycles. The van der Waals surface area contributed by atoms with Crippen LogP contribution in [0.3, 0.4) is 0 Å². The number of halogens is 1. The largest absolute Gasteiger partial charge is 0.324 e. The number of benzene rings is 2. The minimum atomic E-state index is -0.139. The molecule has 6 rings (SSSR count). The van der Waals surface area contributed by atoms with Crippen LogP contribution in [0.25, 0.3) is 33.3 Å². The van der Waals surface area contributed by atoms with Gasteiger partial charge in [-0.25, -0.2) is 4.98 Å². The van der Waals surface area contributed by atoms with Crippen LogP contribution in [0.1, 0.15) is 43.9 Å². The highest BCUT2D eigenvalue weighted by Crippen LogP contribution is 2.33. The topological polar surface area (TPSA) is 75.9 Å². The van der Waals surface area contributed by atoms with Crippen LogP contribution in [0.2, 0.25) is 5.02 Å². The van der Waals surface area contributed by atoms with Crippen LogP contribution in [0.4, 0.5) is 11.6 Å². The van der Waals surface area contributed by atoms with E-state index in [1.54, 1.807) is 17.0 Å². The first kappa shape index (κ1) is 28.1. The van der Waals surface area contributed by atoms with Crippen molar-refractivity contribution in [2.45, 2.75) is 46.1 Å². The van der Waals surface area contributed by atoms with Crippen molar-refractivity contribution < 1.29 is 0 Å². The van der Waals surface area contributed by atoms with Crippen LogP contribution in [0, 0.1) is 6.92 Å². The Morgan fingerprint density at radius 3 is 2.40 bits per heavy atom. The average Bonchev–Trinajstić information content (AvgIpc) is 3.02. The summed E-state index contributed by atoms with van der Waals surface area (Å²) in [5.74, 6) is 1.06. The lowest BCUT2D eigenvalue weighted by Gasteiger charge is -2.31. The number of aromatic nitrogens is 4. The van der Waals surface area contributed by atoms with Gasteiger partial charge in [-0.3, -0.25) is 14.3 Å². The molecule has 1 saturated heterocycles. The van der Waals surface area contributed by atoms with Crippen LogP contribution >= 0.6 is 11.6 Å². The maximum atomic E-state index is 13.7. The molecule has 0 bridgehead atoms. The van der Waals surface area contributed by atoms with Crippen LogP contribution in [0.15, 0.2) is 77.9 Å². The van der Waals surface area contributed by atoms with Gasteiger partial charge in [0.2, 0.25) is 5.95 Å². The fraction of sp³-hybridized carbons (Fsp3) is 0.294. The van der Waals surface area contributed by atoms with E-state index < -0.39 is 0 Å². The van der Waals surface area contributed by atoms with Gasteiger partial charge in [0.15, 0.2) is 0 Å². The molecular weight excluding hydrogens is 544 g/mol. The monoisotopic (exact) mass is 578 g/mol. The van der Waals surface area contributed by atoms with Gasteiger partial charge in [-0.15, -0.1) is 0 Å². The van der Waals surface area contributed by atoms with Gasteiger partial charge < -0.3 is 10.2 Å². The maximum Gasteiger partial charge on any atom is 0.260 e. The number of anilines is 2. The van der Waals surface area contributed by atoms with E-state index in [0.29, 0.717) is 40.2 Å². The van der Waals surface area contributed by atoms with Gasteiger partial charge in [-0.05, 0) is 93.7 Å². The smallest absolute Gasteiger partial charge is 0.260 e. The van der Waals surface area contributed by atoms with Gasteiger partial charge in [-0.1, -0.05) is 48.9 Å². The number of nitrogens with zero attached hydrogens (tertiary/aromatic N) is 5. The fourth-order valence-corrected chi connectivity index (χ4v) is 6.23. The summed E-state index contributed by atoms with van der Waals surface area (Å²) in [7, 11) is 0. The zero-order valence-electron chi connectivity index (χ0n) is 24.3. The Labute approximate surface area is 251 Å². The van der Waals surface area contributed by atoms with Crippen LogP contribution in [0.5, 0.6) is 0 Å². The van der Waals surface area contributed by atoms with E-state index in [-0.39, 0.29) is 5.56 Å². The number of piperidine rings is 1. The minimum Gasteiger partial charge on any atom is -0.324 e. The van der Waals surface area contributed by atoms with Gasteiger partial charge in [0.25, 0.3) is 5.56 Å². The van der Waals surface area contributed by atoms with Gasteiger partial charge in [-0.2, -0.15) is 4.98 Å². The average molecular weight is 579 g/mol. The zero-order valence-corrected chi connectivity index (χ0v) is 25.0. The maximum absolute atomic E-state index is 13.7. The predicted molar refractivity (Wildman–Crippen MR) is 172 cm³/mol. The molecule has 214 valence electrons. The SMILES string of the molecule is CCN1CCC(c2ccc(Nc3ncc4cc(-c5ccc(-c6cccnc6C)cc5Cl)c(=O)n(CC)c4n3)cc2)CC1. The first-order valence-electron chi connectivity index (χ1n) is 14.7. The molecule has 5 aromatic rings. The number of likely N-dealkylation sites (tertiary alicyclic amines) is 1. The predicted octanol–water partition coefficient (Wildman–Crippen LogP) is 7.45. The van der Waals surface area contributed by atoms with Crippen molar-refractivity contribution >= 4 is 34.3 Å². The lowest BCUT2D eigenvalue weighted by Crippen LogP contribution is -2.32. The molecule has 8 heteroatoms. The molecule has 2 aromatic carbocycles. The van der Waals surface area contributed by atoms with Crippen molar-refractivity contribution in [1.82, 2.24) is 24.4 Å². The van der Waals surface area contributed by atoms with Gasteiger partial charge >= 0.3 is 0 Å². The minimum absolute atomic E-state index is 0.139. The van der Waals surface area contributed by atoms with Crippen molar-refractivity contribution in [3.8, 4) is 22.3 Å². The Hall–Kier alpha value is -4.07. The van der Waals surface area contributed by atoms with E-state index in [9.17, 15) is 4.79 Å². The molecule has 1 aliphatic heterocycles. The number of fused-ring (bicyclic) bond motifs is 1. The molecule has 0 atom stereocenters. The molecule has 1 N–H and O–H groups in total. The highest BCUT2D eigenvalue weighted by molar-refractivity contribution is 6.33. The molecule has 0 unspecified atom stereocenters. The van der Waals surface area contributed by atoms with E-state index in [1.165, 1.54) is 18.4 Å². The highest BCUT2D eigenvalue weighted by atomic mass is 35.5. The van der Waals surface area contributed by atoms with Gasteiger partial charge in [0, 0.05) is 57.4 Å². The summed E-state index contributed by atoms with van der Waals surface area (Å²) in [6.45, 7) is 10.1. The lowest BCUT2D eigenvalue weighted by atomic mass is 9.89. The summed E-state index contributed by atoms with van der Waals surface area (Å²) in [5.41, 5.74) is 6.84. The van der Waals surface area contributed by atoms with Crippen molar-refractivity contribution in [3.63, 3.8) is 0 Å². The third-order valence-corrected chi connectivity index (χ3v) is 8.71. The summed E-state index contributed by atoms with van der Waals surface area (Å²) in [5, 5.41) is 4.60. The molecule has 0 radical (unpaired) electrons. The van der Waals surface area contributed by atoms with Gasteiger partial charge in [0.1, 0.15) is 5.65 Å². The van der Waals surface area contributed by atoms with Crippen LogP contribution in [-0.2, 0) is 6.54 Å². The van der Waals surface area contributed by atoms with Crippen molar-refractivity contribution in [2.24, 2.45) is 0 Å². The normalized spacial score (nSPS) is 14.4. The van der Waals surface area contributed by atoms with Crippen molar-refractivity contribution in [3.05, 3.63) is 99.7 Å². The summed E-state index contributed by atoms with van der Waals surface area (Å²) in [4.78, 5) is 29.9. The number of rotatable bonds is 7. The second-order valence-corrected chi connectivity index (χ2v) is 11.3. The Morgan fingerprint density at radius 2 is 1.71 bits per heavy atom. The van der Waals surface area contributed by atoms with Crippen LogP contribution < -0.4 is 10.9 Å². The van der Waals surface area contributed by atoms with E-state index in [0.717, 1.165) is 47.5 Å². The molecular formula is C34H35ClN6O. The van der Waals surface area contributed by atoms with Gasteiger partial charge in [0.05, 0.1) is 0 Å². The number of pyridine rings is 2. The Bertz CT molecular complexity index is 1790. The summed E-state index contributed by atoms with van der Waals surface area (Å²) < 4.78 is 1.68. The zero-order chi connectivity index (χ0) is 29.2. The third-order valence-electron chi connectivity index (χ3n) is 8.39.